The third kappa shape index (κ3) is 4.45. The lowest BCUT2D eigenvalue weighted by Gasteiger charge is -2.30. The van der Waals surface area contributed by atoms with Gasteiger partial charge in [-0.3, -0.25) is 4.79 Å². The summed E-state index contributed by atoms with van der Waals surface area (Å²) in [7, 11) is 0. The summed E-state index contributed by atoms with van der Waals surface area (Å²) in [4.78, 5) is 12.9. The standard InChI is InChI=1S/C16H22FNO2S/c1-16(11-19)9-2-3-14(16)18-15(20)8-10-21-13-6-4-12(17)5-7-13/h4-7,14,19H,2-3,8-11H2,1H3,(H,18,20). The molecule has 1 aromatic carbocycles. The molecule has 0 radical (unpaired) electrons. The summed E-state index contributed by atoms with van der Waals surface area (Å²) in [5.74, 6) is 0.442. The van der Waals surface area contributed by atoms with Crippen molar-refractivity contribution >= 4 is 17.7 Å². The number of hydrogen-bond donors (Lipinski definition) is 2. The average Bonchev–Trinajstić information content (AvgIpc) is 2.83. The highest BCUT2D eigenvalue weighted by Crippen LogP contribution is 2.37. The predicted molar refractivity (Wildman–Crippen MR) is 82.7 cm³/mol. The molecular weight excluding hydrogens is 289 g/mol. The molecule has 2 unspecified atom stereocenters. The predicted octanol–water partition coefficient (Wildman–Crippen LogP) is 2.98. The van der Waals surface area contributed by atoms with Gasteiger partial charge in [0.15, 0.2) is 0 Å². The number of thioether (sulfide) groups is 1. The largest absolute Gasteiger partial charge is 0.396 e. The van der Waals surface area contributed by atoms with Gasteiger partial charge < -0.3 is 10.4 Å². The van der Waals surface area contributed by atoms with Gasteiger partial charge in [0.05, 0.1) is 6.61 Å². The van der Waals surface area contributed by atoms with E-state index in [1.165, 1.54) is 12.1 Å². The monoisotopic (exact) mass is 311 g/mol. The van der Waals surface area contributed by atoms with Crippen molar-refractivity contribution in [3.05, 3.63) is 30.1 Å². The summed E-state index contributed by atoms with van der Waals surface area (Å²) in [6.45, 7) is 2.14. The topological polar surface area (TPSA) is 49.3 Å². The summed E-state index contributed by atoms with van der Waals surface area (Å²) in [5, 5.41) is 12.5. The molecule has 1 amide bonds. The van der Waals surface area contributed by atoms with Crippen LogP contribution in [0.15, 0.2) is 29.2 Å². The van der Waals surface area contributed by atoms with Gasteiger partial charge in [-0.2, -0.15) is 0 Å². The molecule has 0 aromatic heterocycles. The highest BCUT2D eigenvalue weighted by atomic mass is 32.2. The number of benzene rings is 1. The number of aliphatic hydroxyl groups is 1. The lowest BCUT2D eigenvalue weighted by molar-refractivity contribution is -0.122. The van der Waals surface area contributed by atoms with Gasteiger partial charge >= 0.3 is 0 Å². The maximum absolute atomic E-state index is 12.8. The summed E-state index contributed by atoms with van der Waals surface area (Å²) in [6.07, 6.45) is 3.37. The Morgan fingerprint density at radius 2 is 2.19 bits per heavy atom. The minimum Gasteiger partial charge on any atom is -0.396 e. The maximum Gasteiger partial charge on any atom is 0.221 e. The fraction of sp³-hybridized carbons (Fsp3) is 0.562. The molecule has 0 saturated heterocycles. The molecule has 5 heteroatoms. The van der Waals surface area contributed by atoms with Crippen LogP contribution < -0.4 is 5.32 Å². The molecule has 1 fully saturated rings. The average molecular weight is 311 g/mol. The Morgan fingerprint density at radius 1 is 1.48 bits per heavy atom. The van der Waals surface area contributed by atoms with Crippen molar-refractivity contribution in [3.8, 4) is 0 Å². The van der Waals surface area contributed by atoms with E-state index in [0.717, 1.165) is 24.2 Å². The van der Waals surface area contributed by atoms with Crippen LogP contribution in [0.2, 0.25) is 0 Å². The van der Waals surface area contributed by atoms with Gasteiger partial charge in [0.25, 0.3) is 0 Å². The minimum atomic E-state index is -0.249. The van der Waals surface area contributed by atoms with Crippen molar-refractivity contribution in [2.75, 3.05) is 12.4 Å². The molecule has 0 aliphatic heterocycles. The first-order chi connectivity index (χ1) is 10.0. The van der Waals surface area contributed by atoms with E-state index in [1.54, 1.807) is 23.9 Å². The van der Waals surface area contributed by atoms with E-state index in [4.69, 9.17) is 0 Å². The van der Waals surface area contributed by atoms with Gasteiger partial charge in [-0.1, -0.05) is 13.3 Å². The van der Waals surface area contributed by atoms with Crippen molar-refractivity contribution in [3.63, 3.8) is 0 Å². The number of carbonyl (C=O) groups excluding carboxylic acids is 1. The Morgan fingerprint density at radius 3 is 2.86 bits per heavy atom. The van der Waals surface area contributed by atoms with Crippen LogP contribution >= 0.6 is 11.8 Å². The molecule has 0 bridgehead atoms. The Kier molecular flexibility index (Phi) is 5.65. The molecule has 0 heterocycles. The summed E-state index contributed by atoms with van der Waals surface area (Å²) < 4.78 is 12.8. The van der Waals surface area contributed by atoms with Crippen LogP contribution in [0.3, 0.4) is 0 Å². The fourth-order valence-electron chi connectivity index (χ4n) is 2.73. The molecule has 1 aliphatic rings. The smallest absolute Gasteiger partial charge is 0.221 e. The zero-order valence-electron chi connectivity index (χ0n) is 12.3. The Balaban J connectivity index is 1.74. The fourth-order valence-corrected chi connectivity index (χ4v) is 3.58. The number of amides is 1. The number of halogens is 1. The number of nitrogens with one attached hydrogen (secondary N) is 1. The second kappa shape index (κ2) is 7.27. The van der Waals surface area contributed by atoms with E-state index in [1.807, 2.05) is 6.92 Å². The summed E-state index contributed by atoms with van der Waals surface area (Å²) in [6, 6.07) is 6.36. The molecule has 1 aromatic rings. The van der Waals surface area contributed by atoms with Gasteiger partial charge in [-0.05, 0) is 37.1 Å². The zero-order chi connectivity index (χ0) is 15.3. The van der Waals surface area contributed by atoms with Crippen molar-refractivity contribution < 1.29 is 14.3 Å². The third-order valence-electron chi connectivity index (χ3n) is 4.19. The van der Waals surface area contributed by atoms with E-state index in [9.17, 15) is 14.3 Å². The number of carbonyl (C=O) groups is 1. The molecule has 3 nitrogen and oxygen atoms in total. The quantitative estimate of drug-likeness (QED) is 0.794. The molecular formula is C16H22FNO2S. The second-order valence-electron chi connectivity index (χ2n) is 5.88. The Labute approximate surface area is 129 Å². The van der Waals surface area contributed by atoms with Crippen LogP contribution in [0.25, 0.3) is 0 Å². The van der Waals surface area contributed by atoms with E-state index < -0.39 is 0 Å². The Hall–Kier alpha value is -1.07. The molecule has 116 valence electrons. The Bertz CT molecular complexity index is 480. The molecule has 1 saturated carbocycles. The summed E-state index contributed by atoms with van der Waals surface area (Å²) in [5.41, 5.74) is -0.181. The van der Waals surface area contributed by atoms with Gasteiger partial charge in [0.2, 0.25) is 5.91 Å². The number of rotatable bonds is 6. The molecule has 21 heavy (non-hydrogen) atoms. The van der Waals surface area contributed by atoms with E-state index in [2.05, 4.69) is 5.32 Å². The molecule has 2 rings (SSSR count). The number of hydrogen-bond acceptors (Lipinski definition) is 3. The molecule has 2 N–H and O–H groups in total. The van der Waals surface area contributed by atoms with Gasteiger partial charge in [-0.25, -0.2) is 4.39 Å². The zero-order valence-corrected chi connectivity index (χ0v) is 13.1. The third-order valence-corrected chi connectivity index (χ3v) is 5.20. The first-order valence-electron chi connectivity index (χ1n) is 7.32. The second-order valence-corrected chi connectivity index (χ2v) is 7.05. The van der Waals surface area contributed by atoms with Gasteiger partial charge in [0.1, 0.15) is 5.82 Å². The van der Waals surface area contributed by atoms with E-state index >= 15 is 0 Å². The van der Waals surface area contributed by atoms with Crippen molar-refractivity contribution in [2.45, 2.75) is 43.5 Å². The normalized spacial score (nSPS) is 25.0. The van der Waals surface area contributed by atoms with Crippen LogP contribution in [-0.2, 0) is 4.79 Å². The highest BCUT2D eigenvalue weighted by molar-refractivity contribution is 7.99. The molecule has 0 spiro atoms. The first kappa shape index (κ1) is 16.3. The lowest BCUT2D eigenvalue weighted by Crippen LogP contribution is -2.44. The molecule has 1 aliphatic carbocycles. The SMILES string of the molecule is CC1(CO)CCCC1NC(=O)CCSc1ccc(F)cc1. The lowest BCUT2D eigenvalue weighted by atomic mass is 9.86. The van der Waals surface area contributed by atoms with Gasteiger partial charge in [0, 0.05) is 28.5 Å². The van der Waals surface area contributed by atoms with Crippen molar-refractivity contribution in [2.24, 2.45) is 5.41 Å². The first-order valence-corrected chi connectivity index (χ1v) is 8.31. The van der Waals surface area contributed by atoms with Gasteiger partial charge in [-0.15, -0.1) is 11.8 Å². The van der Waals surface area contributed by atoms with Crippen molar-refractivity contribution in [1.29, 1.82) is 0 Å². The van der Waals surface area contributed by atoms with Crippen LogP contribution in [0, 0.1) is 11.2 Å². The van der Waals surface area contributed by atoms with Crippen LogP contribution in [0.4, 0.5) is 4.39 Å². The molecule has 2 atom stereocenters. The highest BCUT2D eigenvalue weighted by Gasteiger charge is 2.38. The maximum atomic E-state index is 12.8. The minimum absolute atomic E-state index is 0.0242. The van der Waals surface area contributed by atoms with Crippen LogP contribution in [-0.4, -0.2) is 29.4 Å². The van der Waals surface area contributed by atoms with E-state index in [-0.39, 0.29) is 29.8 Å². The van der Waals surface area contributed by atoms with Crippen LogP contribution in [0.1, 0.15) is 32.6 Å². The summed E-state index contributed by atoms with van der Waals surface area (Å²) >= 11 is 1.54. The van der Waals surface area contributed by atoms with Crippen molar-refractivity contribution in [1.82, 2.24) is 5.32 Å². The number of aliphatic hydroxyl groups excluding tert-OH is 1. The van der Waals surface area contributed by atoms with E-state index in [0.29, 0.717) is 12.2 Å². The van der Waals surface area contributed by atoms with Crippen LogP contribution in [0.5, 0.6) is 0 Å².